The third kappa shape index (κ3) is 6.66. The van der Waals surface area contributed by atoms with Crippen molar-refractivity contribution in [3.05, 3.63) is 106 Å². The van der Waals surface area contributed by atoms with Gasteiger partial charge in [0.2, 0.25) is 5.91 Å². The first-order valence-electron chi connectivity index (χ1n) is 13.6. The summed E-state index contributed by atoms with van der Waals surface area (Å²) in [5.41, 5.74) is 3.09. The highest BCUT2D eigenvalue weighted by Gasteiger charge is 2.36. The number of allylic oxidation sites excluding steroid dienone is 2. The van der Waals surface area contributed by atoms with Gasteiger partial charge in [-0.3, -0.25) is 9.69 Å². The van der Waals surface area contributed by atoms with E-state index in [4.69, 9.17) is 23.2 Å². The van der Waals surface area contributed by atoms with Crippen LogP contribution >= 0.6 is 58.1 Å². The van der Waals surface area contributed by atoms with Crippen LogP contribution in [0.15, 0.2) is 106 Å². The van der Waals surface area contributed by atoms with Crippen molar-refractivity contribution in [3.8, 4) is 11.3 Å². The van der Waals surface area contributed by atoms with Crippen molar-refractivity contribution in [2.75, 3.05) is 15.5 Å². The van der Waals surface area contributed by atoms with Crippen LogP contribution in [0, 0.1) is 0 Å². The van der Waals surface area contributed by atoms with Gasteiger partial charge in [0, 0.05) is 26.4 Å². The lowest BCUT2D eigenvalue weighted by molar-refractivity contribution is -0.115. The smallest absolute Gasteiger partial charge is 0.307 e. The number of halogens is 2. The Morgan fingerprint density at radius 2 is 1.84 bits per heavy atom. The lowest BCUT2D eigenvalue weighted by Crippen LogP contribution is -2.49. The zero-order valence-corrected chi connectivity index (χ0v) is 26.8. The van der Waals surface area contributed by atoms with Crippen molar-refractivity contribution in [1.82, 2.24) is 4.98 Å². The van der Waals surface area contributed by atoms with Crippen molar-refractivity contribution < 1.29 is 9.59 Å². The van der Waals surface area contributed by atoms with Crippen LogP contribution in [0.5, 0.6) is 0 Å². The molecular formula is C32H26Cl2N4O2S3. The topological polar surface area (TPSA) is 74.3 Å². The predicted molar refractivity (Wildman–Crippen MR) is 182 cm³/mol. The average molecular weight is 666 g/mol. The summed E-state index contributed by atoms with van der Waals surface area (Å²) >= 11 is 16.8. The van der Waals surface area contributed by atoms with E-state index in [0.717, 1.165) is 21.0 Å². The molecule has 3 atom stereocenters. The summed E-state index contributed by atoms with van der Waals surface area (Å²) in [6.45, 7) is 1.97. The lowest BCUT2D eigenvalue weighted by Gasteiger charge is -2.40. The number of fused-ring (bicyclic) bond motifs is 2. The largest absolute Gasteiger partial charge is 0.326 e. The first-order chi connectivity index (χ1) is 20.9. The molecule has 1 aromatic heterocycles. The standard InChI is InChI=1S/C32H26Cl2N4O2S3/c1-2-27(30(39)37-31-36-24(18-41-31)19-14-15-22(33)23(34)16-19)42-21-9-7-8-20(17-21)35-32(40)38-25-10-3-5-12-28(25)43-29-13-6-4-11-26(29)38/h3-18,25,27-28H,2H2,1H3,(H,35,40)(H,36,37,39). The van der Waals surface area contributed by atoms with Gasteiger partial charge in [-0.05, 0) is 48.9 Å². The molecule has 0 fully saturated rings. The molecule has 2 heterocycles. The normalized spacial score (nSPS) is 17.6. The van der Waals surface area contributed by atoms with Gasteiger partial charge in [-0.15, -0.1) is 34.9 Å². The number of amides is 3. The molecule has 43 heavy (non-hydrogen) atoms. The number of thiazole rings is 1. The van der Waals surface area contributed by atoms with Gasteiger partial charge in [0.05, 0.1) is 38.0 Å². The number of anilines is 3. The van der Waals surface area contributed by atoms with Crippen LogP contribution < -0.4 is 15.5 Å². The average Bonchev–Trinajstić information content (AvgIpc) is 3.48. The number of rotatable bonds is 7. The Hall–Kier alpha value is -3.21. The molecule has 3 unspecified atom stereocenters. The summed E-state index contributed by atoms with van der Waals surface area (Å²) in [5, 5.41) is 9.15. The molecule has 0 bridgehead atoms. The van der Waals surface area contributed by atoms with E-state index in [-0.39, 0.29) is 28.5 Å². The Morgan fingerprint density at radius 3 is 2.67 bits per heavy atom. The molecule has 4 aromatic rings. The van der Waals surface area contributed by atoms with Gasteiger partial charge in [-0.2, -0.15) is 0 Å². The Balaban J connectivity index is 1.13. The maximum atomic E-state index is 13.7. The van der Waals surface area contributed by atoms with Crippen molar-refractivity contribution in [2.45, 2.75) is 39.7 Å². The fraction of sp³-hybridized carbons (Fsp3) is 0.156. The molecule has 6 rings (SSSR count). The Morgan fingerprint density at radius 1 is 1.00 bits per heavy atom. The molecule has 0 spiro atoms. The van der Waals surface area contributed by atoms with Gasteiger partial charge >= 0.3 is 6.03 Å². The van der Waals surface area contributed by atoms with Gasteiger partial charge in [-0.1, -0.05) is 78.7 Å². The minimum Gasteiger partial charge on any atom is -0.307 e. The Labute approximate surface area is 272 Å². The maximum absolute atomic E-state index is 13.7. The third-order valence-electron chi connectivity index (χ3n) is 6.94. The molecule has 0 saturated heterocycles. The van der Waals surface area contributed by atoms with Gasteiger partial charge < -0.3 is 10.6 Å². The predicted octanol–water partition coefficient (Wildman–Crippen LogP) is 9.63. The highest BCUT2D eigenvalue weighted by molar-refractivity contribution is 8.00. The van der Waals surface area contributed by atoms with E-state index in [1.807, 2.05) is 77.9 Å². The van der Waals surface area contributed by atoms with Crippen LogP contribution in [0.25, 0.3) is 11.3 Å². The first-order valence-corrected chi connectivity index (χ1v) is 17.0. The Bertz CT molecular complexity index is 1740. The summed E-state index contributed by atoms with van der Waals surface area (Å²) in [4.78, 5) is 35.2. The molecule has 3 aromatic carbocycles. The van der Waals surface area contributed by atoms with E-state index < -0.39 is 0 Å². The molecule has 11 heteroatoms. The van der Waals surface area contributed by atoms with Crippen molar-refractivity contribution >= 4 is 86.5 Å². The number of carbonyl (C=O) groups excluding carboxylic acids is 2. The van der Waals surface area contributed by atoms with Crippen LogP contribution in [-0.4, -0.2) is 33.5 Å². The van der Waals surface area contributed by atoms with E-state index in [1.54, 1.807) is 23.9 Å². The molecule has 2 N–H and O–H groups in total. The van der Waals surface area contributed by atoms with E-state index in [0.29, 0.717) is 33.0 Å². The lowest BCUT2D eigenvalue weighted by atomic mass is 10.1. The van der Waals surface area contributed by atoms with Gasteiger partial charge in [0.15, 0.2) is 5.13 Å². The minimum absolute atomic E-state index is 0.0846. The number of urea groups is 1. The van der Waals surface area contributed by atoms with Gasteiger partial charge in [0.25, 0.3) is 0 Å². The van der Waals surface area contributed by atoms with E-state index in [1.165, 1.54) is 23.1 Å². The second-order valence-corrected chi connectivity index (χ2v) is 14.0. The van der Waals surface area contributed by atoms with Crippen molar-refractivity contribution in [3.63, 3.8) is 0 Å². The minimum atomic E-state index is -0.353. The third-order valence-corrected chi connectivity index (χ3v) is 11.1. The zero-order valence-electron chi connectivity index (χ0n) is 22.9. The van der Waals surface area contributed by atoms with Gasteiger partial charge in [-0.25, -0.2) is 9.78 Å². The quantitative estimate of drug-likeness (QED) is 0.192. The number of para-hydroxylation sites is 1. The molecule has 218 valence electrons. The number of aromatic nitrogens is 1. The number of hydrogen-bond donors (Lipinski definition) is 2. The van der Waals surface area contributed by atoms with Crippen LogP contribution in [0.3, 0.4) is 0 Å². The molecule has 1 aliphatic heterocycles. The second kappa shape index (κ2) is 13.2. The number of nitrogens with one attached hydrogen (secondary N) is 2. The Kier molecular flexibility index (Phi) is 9.16. The monoisotopic (exact) mass is 664 g/mol. The number of thioether (sulfide) groups is 2. The maximum Gasteiger partial charge on any atom is 0.326 e. The summed E-state index contributed by atoms with van der Waals surface area (Å²) in [6, 6.07) is 20.6. The van der Waals surface area contributed by atoms with E-state index in [9.17, 15) is 9.59 Å². The second-order valence-electron chi connectivity index (χ2n) is 9.81. The van der Waals surface area contributed by atoms with Crippen LogP contribution in [0.4, 0.5) is 21.3 Å². The number of hydrogen-bond acceptors (Lipinski definition) is 6. The summed E-state index contributed by atoms with van der Waals surface area (Å²) in [7, 11) is 0. The zero-order chi connectivity index (χ0) is 29.9. The van der Waals surface area contributed by atoms with Gasteiger partial charge in [0.1, 0.15) is 0 Å². The highest BCUT2D eigenvalue weighted by Crippen LogP contribution is 2.44. The molecule has 2 aliphatic rings. The molecular weight excluding hydrogens is 639 g/mol. The number of nitrogens with zero attached hydrogens (tertiary/aromatic N) is 2. The van der Waals surface area contributed by atoms with Crippen molar-refractivity contribution in [2.24, 2.45) is 0 Å². The number of carbonyl (C=O) groups is 2. The first kappa shape index (κ1) is 29.8. The SMILES string of the molecule is CCC(Sc1cccc(NC(=O)N2c3ccccc3SC3C=CC=CC32)c1)C(=O)Nc1nc(-c2ccc(Cl)c(Cl)c2)cs1. The highest BCUT2D eigenvalue weighted by atomic mass is 35.5. The van der Waals surface area contributed by atoms with Crippen LogP contribution in [0.2, 0.25) is 10.0 Å². The molecule has 0 saturated carbocycles. The van der Waals surface area contributed by atoms with Crippen LogP contribution in [-0.2, 0) is 4.79 Å². The molecule has 3 amide bonds. The van der Waals surface area contributed by atoms with Crippen molar-refractivity contribution in [1.29, 1.82) is 0 Å². The summed E-state index contributed by atoms with van der Waals surface area (Å²) in [5.74, 6) is -0.136. The molecule has 1 aliphatic carbocycles. The molecule has 6 nitrogen and oxygen atoms in total. The van der Waals surface area contributed by atoms with E-state index in [2.05, 4.69) is 33.8 Å². The summed E-state index contributed by atoms with van der Waals surface area (Å²) < 4.78 is 0. The van der Waals surface area contributed by atoms with Crippen LogP contribution in [0.1, 0.15) is 13.3 Å². The van der Waals surface area contributed by atoms with E-state index >= 15 is 0 Å². The fourth-order valence-electron chi connectivity index (χ4n) is 4.85. The fourth-order valence-corrected chi connectivity index (χ4v) is 8.14. The molecule has 0 radical (unpaired) electrons. The number of benzene rings is 3. The summed E-state index contributed by atoms with van der Waals surface area (Å²) in [6.07, 6.45) is 8.84.